The Bertz CT molecular complexity index is 1000. The summed E-state index contributed by atoms with van der Waals surface area (Å²) in [4.78, 5) is 38.5. The van der Waals surface area contributed by atoms with Crippen molar-refractivity contribution in [2.45, 2.75) is 12.5 Å². The van der Waals surface area contributed by atoms with Crippen LogP contribution in [0.1, 0.15) is 12.5 Å². The number of hydrogen-bond acceptors (Lipinski definition) is 3. The third-order valence-corrected chi connectivity index (χ3v) is 5.79. The maximum atomic E-state index is 12.9. The summed E-state index contributed by atoms with van der Waals surface area (Å²) in [6.07, 6.45) is 0. The van der Waals surface area contributed by atoms with Gasteiger partial charge in [-0.05, 0) is 36.8 Å². The normalized spacial score (nSPS) is 19.0. The van der Waals surface area contributed by atoms with E-state index in [1.165, 1.54) is 12.1 Å². The monoisotopic (exact) mass is 503 g/mol. The highest BCUT2D eigenvalue weighted by Crippen LogP contribution is 2.33. The minimum Gasteiger partial charge on any atom is -0.323 e. The third kappa shape index (κ3) is 3.98. The molecule has 1 unspecified atom stereocenters. The number of anilines is 1. The molecule has 1 fully saturated rings. The SMILES string of the molecule is CC1(c2cccc(Br)c2)NC(=O)N(CC(=O)Nc2cc(Cl)c(Cl)cc2Cl)C1=O. The van der Waals surface area contributed by atoms with E-state index in [0.717, 1.165) is 9.37 Å². The van der Waals surface area contributed by atoms with Gasteiger partial charge in [0.1, 0.15) is 12.1 Å². The molecule has 1 aliphatic rings. The summed E-state index contributed by atoms with van der Waals surface area (Å²) in [5.74, 6) is -1.15. The van der Waals surface area contributed by atoms with Gasteiger partial charge in [-0.3, -0.25) is 14.5 Å². The Morgan fingerprint density at radius 1 is 1.14 bits per heavy atom. The van der Waals surface area contributed by atoms with E-state index < -0.39 is 29.9 Å². The first-order valence-electron chi connectivity index (χ1n) is 7.96. The molecular weight excluding hydrogens is 492 g/mol. The van der Waals surface area contributed by atoms with Gasteiger partial charge in [0, 0.05) is 4.47 Å². The number of nitrogens with one attached hydrogen (secondary N) is 2. The van der Waals surface area contributed by atoms with Crippen molar-refractivity contribution in [3.63, 3.8) is 0 Å². The molecule has 4 amide bonds. The van der Waals surface area contributed by atoms with Crippen molar-refractivity contribution >= 4 is 74.3 Å². The van der Waals surface area contributed by atoms with E-state index in [1.54, 1.807) is 31.2 Å². The predicted molar refractivity (Wildman–Crippen MR) is 112 cm³/mol. The summed E-state index contributed by atoms with van der Waals surface area (Å²) in [6, 6.07) is 9.13. The molecule has 1 saturated heterocycles. The second kappa shape index (κ2) is 7.91. The maximum absolute atomic E-state index is 12.9. The molecule has 10 heteroatoms. The summed E-state index contributed by atoms with van der Waals surface area (Å²) in [5, 5.41) is 5.80. The largest absolute Gasteiger partial charge is 0.325 e. The Labute approximate surface area is 184 Å². The smallest absolute Gasteiger partial charge is 0.323 e. The standard InChI is InChI=1S/C18H13BrCl3N3O3/c1-18(9-3-2-4-10(19)5-9)16(27)25(17(28)24-18)8-15(26)23-14-7-12(21)11(20)6-13(14)22/h2-7H,8H2,1H3,(H,23,26)(H,24,28). The summed E-state index contributed by atoms with van der Waals surface area (Å²) >= 11 is 21.2. The molecule has 0 bridgehead atoms. The molecule has 0 aliphatic carbocycles. The number of hydrogen-bond donors (Lipinski definition) is 2. The number of urea groups is 1. The summed E-state index contributed by atoms with van der Waals surface area (Å²) in [7, 11) is 0. The average Bonchev–Trinajstić information content (AvgIpc) is 2.84. The van der Waals surface area contributed by atoms with Crippen LogP contribution >= 0.6 is 50.7 Å². The number of carbonyl (C=O) groups excluding carboxylic acids is 3. The van der Waals surface area contributed by atoms with E-state index in [2.05, 4.69) is 26.6 Å². The van der Waals surface area contributed by atoms with Gasteiger partial charge < -0.3 is 10.6 Å². The number of imide groups is 1. The second-order valence-electron chi connectivity index (χ2n) is 6.25. The number of carbonyl (C=O) groups is 3. The van der Waals surface area contributed by atoms with E-state index in [9.17, 15) is 14.4 Å². The Balaban J connectivity index is 1.78. The third-order valence-electron chi connectivity index (χ3n) is 4.26. The van der Waals surface area contributed by atoms with E-state index in [-0.39, 0.29) is 20.8 Å². The first kappa shape index (κ1) is 20.9. The Kier molecular flexibility index (Phi) is 5.91. The van der Waals surface area contributed by atoms with Gasteiger partial charge in [0.2, 0.25) is 5.91 Å². The zero-order valence-corrected chi connectivity index (χ0v) is 18.2. The van der Waals surface area contributed by atoms with Gasteiger partial charge >= 0.3 is 6.03 Å². The van der Waals surface area contributed by atoms with Crippen molar-refractivity contribution in [3.8, 4) is 0 Å². The molecule has 0 radical (unpaired) electrons. The van der Waals surface area contributed by atoms with E-state index in [4.69, 9.17) is 34.8 Å². The zero-order chi connectivity index (χ0) is 20.6. The van der Waals surface area contributed by atoms with Crippen LogP contribution < -0.4 is 10.6 Å². The van der Waals surface area contributed by atoms with Crippen molar-refractivity contribution in [1.29, 1.82) is 0 Å². The lowest BCUT2D eigenvalue weighted by molar-refractivity contribution is -0.133. The van der Waals surface area contributed by atoms with Crippen LogP contribution in [-0.2, 0) is 15.1 Å². The fourth-order valence-electron chi connectivity index (χ4n) is 2.79. The molecule has 1 atom stereocenters. The Morgan fingerprint density at radius 2 is 1.82 bits per heavy atom. The molecule has 0 spiro atoms. The molecule has 6 nitrogen and oxygen atoms in total. The molecule has 2 aromatic rings. The van der Waals surface area contributed by atoms with Crippen LogP contribution in [0.2, 0.25) is 15.1 Å². The number of rotatable bonds is 4. The zero-order valence-electron chi connectivity index (χ0n) is 14.4. The van der Waals surface area contributed by atoms with Crippen LogP contribution in [0.3, 0.4) is 0 Å². The van der Waals surface area contributed by atoms with Crippen LogP contribution in [0.5, 0.6) is 0 Å². The minimum absolute atomic E-state index is 0.180. The lowest BCUT2D eigenvalue weighted by atomic mass is 9.92. The van der Waals surface area contributed by atoms with E-state index in [1.807, 2.05) is 0 Å². The van der Waals surface area contributed by atoms with Crippen LogP contribution in [0.4, 0.5) is 10.5 Å². The fourth-order valence-corrected chi connectivity index (χ4v) is 3.78. The highest BCUT2D eigenvalue weighted by molar-refractivity contribution is 9.10. The van der Waals surface area contributed by atoms with Gasteiger partial charge in [0.15, 0.2) is 0 Å². The first-order chi connectivity index (χ1) is 13.1. The molecule has 1 aliphatic heterocycles. The van der Waals surface area contributed by atoms with Crippen LogP contribution in [0.15, 0.2) is 40.9 Å². The molecule has 0 saturated carbocycles. The van der Waals surface area contributed by atoms with Crippen LogP contribution in [0.25, 0.3) is 0 Å². The molecule has 3 rings (SSSR count). The van der Waals surface area contributed by atoms with Gasteiger partial charge in [-0.25, -0.2) is 4.79 Å². The van der Waals surface area contributed by atoms with Crippen molar-refractivity contribution in [2.24, 2.45) is 0 Å². The topological polar surface area (TPSA) is 78.5 Å². The highest BCUT2D eigenvalue weighted by Gasteiger charge is 2.49. The first-order valence-corrected chi connectivity index (χ1v) is 9.89. The quantitative estimate of drug-likeness (QED) is 0.462. The minimum atomic E-state index is -1.28. The van der Waals surface area contributed by atoms with E-state index in [0.29, 0.717) is 5.56 Å². The Morgan fingerprint density at radius 3 is 2.50 bits per heavy atom. The van der Waals surface area contributed by atoms with Gasteiger partial charge in [-0.15, -0.1) is 0 Å². The Hall–Kier alpha value is -1.80. The number of amides is 4. The van der Waals surface area contributed by atoms with Crippen molar-refractivity contribution in [2.75, 3.05) is 11.9 Å². The second-order valence-corrected chi connectivity index (χ2v) is 8.39. The van der Waals surface area contributed by atoms with Crippen LogP contribution in [-0.4, -0.2) is 29.3 Å². The van der Waals surface area contributed by atoms with Crippen molar-refractivity contribution < 1.29 is 14.4 Å². The predicted octanol–water partition coefficient (Wildman–Crippen LogP) is 4.82. The highest BCUT2D eigenvalue weighted by atomic mass is 79.9. The molecule has 28 heavy (non-hydrogen) atoms. The molecule has 0 aromatic heterocycles. The molecule has 146 valence electrons. The number of nitrogens with zero attached hydrogens (tertiary/aromatic N) is 1. The van der Waals surface area contributed by atoms with Gasteiger partial charge in [-0.1, -0.05) is 62.9 Å². The average molecular weight is 506 g/mol. The van der Waals surface area contributed by atoms with Crippen molar-refractivity contribution in [1.82, 2.24) is 10.2 Å². The molecule has 2 N–H and O–H groups in total. The lowest BCUT2D eigenvalue weighted by Crippen LogP contribution is -2.42. The van der Waals surface area contributed by atoms with Crippen molar-refractivity contribution in [3.05, 3.63) is 61.5 Å². The number of benzene rings is 2. The van der Waals surface area contributed by atoms with Crippen LogP contribution in [0, 0.1) is 0 Å². The fraction of sp³-hybridized carbons (Fsp3) is 0.167. The number of halogens is 4. The molecule has 2 aromatic carbocycles. The summed E-state index contributed by atoms with van der Waals surface area (Å²) in [5.41, 5.74) is -0.457. The molecule has 1 heterocycles. The van der Waals surface area contributed by atoms with Gasteiger partial charge in [0.05, 0.1) is 20.8 Å². The van der Waals surface area contributed by atoms with Gasteiger partial charge in [0.25, 0.3) is 5.91 Å². The lowest BCUT2D eigenvalue weighted by Gasteiger charge is -2.22. The summed E-state index contributed by atoms with van der Waals surface area (Å²) < 4.78 is 0.763. The van der Waals surface area contributed by atoms with Gasteiger partial charge in [-0.2, -0.15) is 0 Å². The maximum Gasteiger partial charge on any atom is 0.325 e. The molecular formula is C18H13BrCl3N3O3. The summed E-state index contributed by atoms with van der Waals surface area (Å²) in [6.45, 7) is 1.10. The van der Waals surface area contributed by atoms with E-state index >= 15 is 0 Å².